The van der Waals surface area contributed by atoms with Crippen molar-refractivity contribution in [3.05, 3.63) is 26.5 Å². The third-order valence-corrected chi connectivity index (χ3v) is 4.90. The van der Waals surface area contributed by atoms with Crippen LogP contribution < -0.4 is 5.11 Å². The van der Waals surface area contributed by atoms with E-state index in [1.165, 1.54) is 17.6 Å². The zero-order valence-electron chi connectivity index (χ0n) is 11.4. The van der Waals surface area contributed by atoms with Gasteiger partial charge in [-0.1, -0.05) is 12.5 Å². The van der Waals surface area contributed by atoms with Crippen LogP contribution in [0.1, 0.15) is 58.8 Å². The molecule has 18 heavy (non-hydrogen) atoms. The summed E-state index contributed by atoms with van der Waals surface area (Å²) in [7, 11) is 0. The Morgan fingerprint density at radius 3 is 2.50 bits per heavy atom. The lowest BCUT2D eigenvalue weighted by atomic mass is 9.79. The lowest BCUT2D eigenvalue weighted by Gasteiger charge is -2.26. The average Bonchev–Trinajstić information content (AvgIpc) is 2.54. The van der Waals surface area contributed by atoms with Crippen molar-refractivity contribution in [2.45, 2.75) is 47.0 Å². The molecule has 0 fully saturated rings. The van der Waals surface area contributed by atoms with Crippen molar-refractivity contribution in [2.24, 2.45) is 5.92 Å². The molecule has 1 aliphatic rings. The summed E-state index contributed by atoms with van der Waals surface area (Å²) < 4.78 is 0. The van der Waals surface area contributed by atoms with Crippen LogP contribution >= 0.6 is 11.3 Å². The number of rotatable bonds is 2. The van der Waals surface area contributed by atoms with Gasteiger partial charge < -0.3 is 9.90 Å². The van der Waals surface area contributed by atoms with Crippen molar-refractivity contribution in [1.29, 1.82) is 0 Å². The van der Waals surface area contributed by atoms with Gasteiger partial charge in [0.15, 0.2) is 0 Å². The summed E-state index contributed by atoms with van der Waals surface area (Å²) in [6.45, 7) is 8.22. The maximum Gasteiger partial charge on any atom is 0.0732 e. The fraction of sp³-hybridized carbons (Fsp3) is 0.533. The molecule has 0 amide bonds. The van der Waals surface area contributed by atoms with Crippen molar-refractivity contribution in [3.63, 3.8) is 0 Å². The Bertz CT molecular complexity index is 523. The number of allylic oxidation sites excluding steroid dienone is 2. The molecule has 1 atom stereocenters. The molecular formula is C15H19O2S-. The highest BCUT2D eigenvalue weighted by atomic mass is 32.1. The van der Waals surface area contributed by atoms with E-state index in [0.29, 0.717) is 11.5 Å². The van der Waals surface area contributed by atoms with Gasteiger partial charge in [0.2, 0.25) is 0 Å². The molecule has 0 N–H and O–H groups in total. The van der Waals surface area contributed by atoms with Crippen LogP contribution in [0.5, 0.6) is 0 Å². The van der Waals surface area contributed by atoms with Gasteiger partial charge in [-0.15, -0.1) is 11.3 Å². The predicted molar refractivity (Wildman–Crippen MR) is 73.7 cm³/mol. The summed E-state index contributed by atoms with van der Waals surface area (Å²) in [5.74, 6) is -0.588. The molecule has 2 nitrogen and oxygen atoms in total. The molecular weight excluding hydrogens is 244 g/mol. The maximum atomic E-state index is 11.4. The van der Waals surface area contributed by atoms with E-state index in [2.05, 4.69) is 13.8 Å². The number of thiophene rings is 1. The Kier molecular flexibility index (Phi) is 3.62. The number of hydrogen-bond acceptors (Lipinski definition) is 3. The molecule has 0 saturated carbocycles. The third-order valence-electron chi connectivity index (χ3n) is 3.88. The van der Waals surface area contributed by atoms with Gasteiger partial charge in [0.25, 0.3) is 0 Å². The van der Waals surface area contributed by atoms with E-state index in [1.54, 1.807) is 11.3 Å². The molecule has 98 valence electrons. The van der Waals surface area contributed by atoms with E-state index < -0.39 is 5.97 Å². The number of aromatic carboxylic acids is 1. The van der Waals surface area contributed by atoms with E-state index >= 15 is 0 Å². The highest BCUT2D eigenvalue weighted by Gasteiger charge is 2.25. The predicted octanol–water partition coefficient (Wildman–Crippen LogP) is 3.32. The zero-order chi connectivity index (χ0) is 13.4. The molecule has 0 aromatic carbocycles. The highest BCUT2D eigenvalue weighted by Crippen LogP contribution is 2.42. The van der Waals surface area contributed by atoms with E-state index in [4.69, 9.17) is 0 Å². The number of hydrogen-bond donors (Lipinski definition) is 0. The smallest absolute Gasteiger partial charge is 0.0732 e. The molecule has 1 aromatic heterocycles. The molecule has 3 heteroatoms. The van der Waals surface area contributed by atoms with Gasteiger partial charge in [0.05, 0.1) is 5.97 Å². The van der Waals surface area contributed by atoms with Gasteiger partial charge in [-0.2, -0.15) is 0 Å². The summed E-state index contributed by atoms with van der Waals surface area (Å²) >= 11 is 1.57. The van der Waals surface area contributed by atoms with Crippen LogP contribution in [0.25, 0.3) is 5.57 Å². The van der Waals surface area contributed by atoms with Gasteiger partial charge in [-0.25, -0.2) is 0 Å². The molecule has 0 radical (unpaired) electrons. The topological polar surface area (TPSA) is 40.1 Å². The number of carbonyl (C=O) groups is 1. The Morgan fingerprint density at radius 1 is 1.28 bits per heavy atom. The summed E-state index contributed by atoms with van der Waals surface area (Å²) in [5, 5.41) is 11.4. The van der Waals surface area contributed by atoms with Gasteiger partial charge in [0, 0.05) is 20.9 Å². The van der Waals surface area contributed by atoms with Crippen molar-refractivity contribution in [2.75, 3.05) is 0 Å². The molecule has 1 aromatic rings. The SMILES string of the molecule is CC1=C(c2c(C)sc(C)c2C(=O)[O-])[C@@H](C)CCC1. The van der Waals surface area contributed by atoms with Gasteiger partial charge in [-0.05, 0) is 51.5 Å². The summed E-state index contributed by atoms with van der Waals surface area (Å²) in [5.41, 5.74) is 3.96. The standard InChI is InChI=1S/C15H20O2S/c1-8-6-5-7-9(2)12(8)13-10(3)18-11(4)14(13)15(16)17/h8H,5-7H2,1-4H3,(H,16,17)/p-1/t8-/m0/s1. The molecule has 0 bridgehead atoms. The second-order valence-corrected chi connectivity index (χ2v) is 6.67. The van der Waals surface area contributed by atoms with Crippen LogP contribution in [0.2, 0.25) is 0 Å². The van der Waals surface area contributed by atoms with E-state index in [0.717, 1.165) is 28.2 Å². The Morgan fingerprint density at radius 2 is 1.94 bits per heavy atom. The molecule has 0 unspecified atom stereocenters. The monoisotopic (exact) mass is 263 g/mol. The van der Waals surface area contributed by atoms with Crippen LogP contribution in [0, 0.1) is 19.8 Å². The molecule has 1 heterocycles. The minimum absolute atomic E-state index is 0.417. The molecule has 2 rings (SSSR count). The minimum Gasteiger partial charge on any atom is -0.545 e. The first-order valence-corrected chi connectivity index (χ1v) is 7.26. The molecule has 0 spiro atoms. The van der Waals surface area contributed by atoms with Crippen LogP contribution in [-0.4, -0.2) is 5.97 Å². The Labute approximate surface area is 112 Å². The fourth-order valence-corrected chi connectivity index (χ4v) is 4.15. The lowest BCUT2D eigenvalue weighted by Crippen LogP contribution is -2.24. The van der Waals surface area contributed by atoms with Crippen LogP contribution in [0.15, 0.2) is 5.57 Å². The van der Waals surface area contributed by atoms with E-state index in [1.807, 2.05) is 13.8 Å². The zero-order valence-corrected chi connectivity index (χ0v) is 12.2. The normalized spacial score (nSPS) is 20.3. The molecule has 1 aliphatic carbocycles. The summed E-state index contributed by atoms with van der Waals surface area (Å²) in [6.07, 6.45) is 3.44. The second-order valence-electron chi connectivity index (χ2n) is 5.24. The summed E-state index contributed by atoms with van der Waals surface area (Å²) in [4.78, 5) is 13.4. The van der Waals surface area contributed by atoms with E-state index in [9.17, 15) is 9.90 Å². The molecule has 0 aliphatic heterocycles. The van der Waals surface area contributed by atoms with Crippen molar-refractivity contribution < 1.29 is 9.90 Å². The van der Waals surface area contributed by atoms with Gasteiger partial charge in [-0.3, -0.25) is 0 Å². The maximum absolute atomic E-state index is 11.4. The largest absolute Gasteiger partial charge is 0.545 e. The Balaban J connectivity index is 2.67. The average molecular weight is 263 g/mol. The van der Waals surface area contributed by atoms with Crippen LogP contribution in [0.4, 0.5) is 0 Å². The van der Waals surface area contributed by atoms with Crippen molar-refractivity contribution in [1.82, 2.24) is 0 Å². The quantitative estimate of drug-likeness (QED) is 0.821. The number of carboxylic acid groups (broad SMARTS) is 1. The van der Waals surface area contributed by atoms with Crippen molar-refractivity contribution >= 4 is 22.9 Å². The first kappa shape index (κ1) is 13.3. The first-order valence-electron chi connectivity index (χ1n) is 6.44. The van der Waals surface area contributed by atoms with Gasteiger partial charge >= 0.3 is 0 Å². The number of carbonyl (C=O) groups excluding carboxylic acids is 1. The van der Waals surface area contributed by atoms with Gasteiger partial charge in [0.1, 0.15) is 0 Å². The molecule has 0 saturated heterocycles. The highest BCUT2D eigenvalue weighted by molar-refractivity contribution is 7.12. The number of carboxylic acids is 1. The second kappa shape index (κ2) is 4.88. The number of aryl methyl sites for hydroxylation is 2. The van der Waals surface area contributed by atoms with Crippen LogP contribution in [-0.2, 0) is 0 Å². The Hall–Kier alpha value is -1.09. The van der Waals surface area contributed by atoms with E-state index in [-0.39, 0.29) is 0 Å². The van der Waals surface area contributed by atoms with Crippen LogP contribution in [0.3, 0.4) is 0 Å². The van der Waals surface area contributed by atoms with Crippen molar-refractivity contribution in [3.8, 4) is 0 Å². The lowest BCUT2D eigenvalue weighted by molar-refractivity contribution is -0.255. The summed E-state index contributed by atoms with van der Waals surface area (Å²) in [6, 6.07) is 0. The fourth-order valence-electron chi connectivity index (χ4n) is 3.09. The third kappa shape index (κ3) is 2.12. The minimum atomic E-state index is -1.04. The first-order chi connectivity index (χ1) is 8.43.